The van der Waals surface area contributed by atoms with Gasteiger partial charge in [0.25, 0.3) is 0 Å². The van der Waals surface area contributed by atoms with Crippen LogP contribution in [0.3, 0.4) is 0 Å². The van der Waals surface area contributed by atoms with Gasteiger partial charge in [-0.3, -0.25) is 4.98 Å². The van der Waals surface area contributed by atoms with Crippen molar-refractivity contribution in [2.75, 3.05) is 12.4 Å². The molecule has 128 valence electrons. The quantitative estimate of drug-likeness (QED) is 0.504. The standard InChI is InChI=1S/C20H15BrN4O/c1-26-16-8-9-18-17(11-16)20(23-15-6-4-14(21)5-7-15)25-19(24-18)13-3-2-10-22-12-13/h2-12H,1H3,(H,23,24,25). The molecule has 0 atom stereocenters. The molecule has 4 rings (SSSR count). The van der Waals surface area contributed by atoms with Gasteiger partial charge in [-0.2, -0.15) is 0 Å². The average Bonchev–Trinajstić information content (AvgIpc) is 2.70. The number of halogens is 1. The van der Waals surface area contributed by atoms with Crippen LogP contribution in [0.2, 0.25) is 0 Å². The van der Waals surface area contributed by atoms with E-state index in [9.17, 15) is 0 Å². The number of methoxy groups -OCH3 is 1. The largest absolute Gasteiger partial charge is 0.497 e. The van der Waals surface area contributed by atoms with Crippen molar-refractivity contribution in [1.82, 2.24) is 15.0 Å². The molecule has 4 aromatic rings. The molecule has 0 amide bonds. The molecule has 1 N–H and O–H groups in total. The Morgan fingerprint density at radius 3 is 2.58 bits per heavy atom. The van der Waals surface area contributed by atoms with Gasteiger partial charge in [-0.1, -0.05) is 15.9 Å². The molecule has 0 fully saturated rings. The first-order valence-corrected chi connectivity index (χ1v) is 8.81. The zero-order valence-corrected chi connectivity index (χ0v) is 15.6. The van der Waals surface area contributed by atoms with Gasteiger partial charge >= 0.3 is 0 Å². The van der Waals surface area contributed by atoms with Gasteiger partial charge in [0.1, 0.15) is 11.6 Å². The summed E-state index contributed by atoms with van der Waals surface area (Å²) in [6.07, 6.45) is 3.49. The summed E-state index contributed by atoms with van der Waals surface area (Å²) in [7, 11) is 1.65. The van der Waals surface area contributed by atoms with Gasteiger partial charge in [0.15, 0.2) is 5.82 Å². The van der Waals surface area contributed by atoms with E-state index in [0.29, 0.717) is 5.82 Å². The molecule has 0 saturated carbocycles. The van der Waals surface area contributed by atoms with Crippen LogP contribution in [0.1, 0.15) is 0 Å². The lowest BCUT2D eigenvalue weighted by atomic mass is 10.2. The van der Waals surface area contributed by atoms with Gasteiger partial charge in [-0.15, -0.1) is 0 Å². The van der Waals surface area contributed by atoms with E-state index in [1.807, 2.05) is 54.6 Å². The first-order chi connectivity index (χ1) is 12.7. The van der Waals surface area contributed by atoms with Crippen LogP contribution < -0.4 is 10.1 Å². The molecule has 0 saturated heterocycles. The maximum Gasteiger partial charge on any atom is 0.163 e. The van der Waals surface area contributed by atoms with Crippen LogP contribution >= 0.6 is 15.9 Å². The Morgan fingerprint density at radius 2 is 1.85 bits per heavy atom. The van der Waals surface area contributed by atoms with Crippen molar-refractivity contribution in [1.29, 1.82) is 0 Å². The summed E-state index contributed by atoms with van der Waals surface area (Å²) in [6, 6.07) is 17.5. The highest BCUT2D eigenvalue weighted by atomic mass is 79.9. The third-order valence-electron chi connectivity index (χ3n) is 3.93. The second-order valence-electron chi connectivity index (χ2n) is 5.65. The number of hydrogen-bond donors (Lipinski definition) is 1. The summed E-state index contributed by atoms with van der Waals surface area (Å²) in [5.41, 5.74) is 2.64. The molecular formula is C20H15BrN4O. The Hall–Kier alpha value is -2.99. The van der Waals surface area contributed by atoms with E-state index in [0.717, 1.165) is 38.2 Å². The van der Waals surface area contributed by atoms with E-state index in [1.54, 1.807) is 19.5 Å². The summed E-state index contributed by atoms with van der Waals surface area (Å²) in [4.78, 5) is 13.6. The van der Waals surface area contributed by atoms with Crippen LogP contribution in [-0.4, -0.2) is 22.1 Å². The van der Waals surface area contributed by atoms with Crippen LogP contribution in [0, 0.1) is 0 Å². The van der Waals surface area contributed by atoms with Gasteiger partial charge < -0.3 is 10.1 Å². The summed E-state index contributed by atoms with van der Waals surface area (Å²) in [5.74, 6) is 2.10. The number of anilines is 2. The molecule has 2 heterocycles. The zero-order valence-electron chi connectivity index (χ0n) is 14.0. The van der Waals surface area contributed by atoms with Crippen LogP contribution in [0.15, 0.2) is 71.5 Å². The van der Waals surface area contributed by atoms with E-state index in [4.69, 9.17) is 9.72 Å². The third kappa shape index (κ3) is 3.36. The minimum atomic E-state index is 0.621. The first-order valence-electron chi connectivity index (χ1n) is 8.02. The Kier molecular flexibility index (Phi) is 4.50. The summed E-state index contributed by atoms with van der Waals surface area (Å²) in [6.45, 7) is 0. The fraction of sp³-hybridized carbons (Fsp3) is 0.0500. The fourth-order valence-electron chi connectivity index (χ4n) is 2.62. The number of benzene rings is 2. The highest BCUT2D eigenvalue weighted by Gasteiger charge is 2.11. The number of pyridine rings is 1. The molecule has 0 spiro atoms. The summed E-state index contributed by atoms with van der Waals surface area (Å²) < 4.78 is 6.38. The van der Waals surface area contributed by atoms with Crippen molar-refractivity contribution >= 4 is 38.3 Å². The molecule has 0 unspecified atom stereocenters. The SMILES string of the molecule is COc1ccc2nc(-c3cccnc3)nc(Nc3ccc(Br)cc3)c2c1. The van der Waals surface area contributed by atoms with Crippen LogP contribution in [0.5, 0.6) is 5.75 Å². The number of rotatable bonds is 4. The molecule has 5 nitrogen and oxygen atoms in total. The lowest BCUT2D eigenvalue weighted by molar-refractivity contribution is 0.415. The van der Waals surface area contributed by atoms with E-state index in [1.165, 1.54) is 0 Å². The molecule has 26 heavy (non-hydrogen) atoms. The second-order valence-corrected chi connectivity index (χ2v) is 6.57. The topological polar surface area (TPSA) is 59.9 Å². The minimum absolute atomic E-state index is 0.621. The monoisotopic (exact) mass is 406 g/mol. The number of fused-ring (bicyclic) bond motifs is 1. The predicted octanol–water partition coefficient (Wildman–Crippen LogP) is 5.21. The number of nitrogens with zero attached hydrogens (tertiary/aromatic N) is 3. The average molecular weight is 407 g/mol. The zero-order chi connectivity index (χ0) is 17.9. The minimum Gasteiger partial charge on any atom is -0.497 e. The van der Waals surface area contributed by atoms with E-state index in [2.05, 4.69) is 31.2 Å². The smallest absolute Gasteiger partial charge is 0.163 e. The number of aromatic nitrogens is 3. The molecule has 0 radical (unpaired) electrons. The van der Waals surface area contributed by atoms with Crippen molar-refractivity contribution in [2.24, 2.45) is 0 Å². The number of nitrogens with one attached hydrogen (secondary N) is 1. The first kappa shape index (κ1) is 16.5. The second kappa shape index (κ2) is 7.09. The number of hydrogen-bond acceptors (Lipinski definition) is 5. The van der Waals surface area contributed by atoms with Crippen molar-refractivity contribution in [3.63, 3.8) is 0 Å². The van der Waals surface area contributed by atoms with E-state index in [-0.39, 0.29) is 0 Å². The molecule has 0 aliphatic rings. The Bertz CT molecular complexity index is 1050. The van der Waals surface area contributed by atoms with Crippen molar-refractivity contribution < 1.29 is 4.74 Å². The summed E-state index contributed by atoms with van der Waals surface area (Å²) >= 11 is 3.45. The van der Waals surface area contributed by atoms with Gasteiger partial charge in [-0.25, -0.2) is 9.97 Å². The van der Waals surface area contributed by atoms with Gasteiger partial charge in [0.2, 0.25) is 0 Å². The maximum atomic E-state index is 5.36. The molecule has 0 bridgehead atoms. The van der Waals surface area contributed by atoms with Crippen LogP contribution in [0.25, 0.3) is 22.3 Å². The van der Waals surface area contributed by atoms with Crippen LogP contribution in [-0.2, 0) is 0 Å². The third-order valence-corrected chi connectivity index (χ3v) is 4.46. The molecule has 0 aliphatic heterocycles. The molecule has 0 aliphatic carbocycles. The lowest BCUT2D eigenvalue weighted by Gasteiger charge is -2.12. The summed E-state index contributed by atoms with van der Waals surface area (Å²) in [5, 5.41) is 4.28. The predicted molar refractivity (Wildman–Crippen MR) is 107 cm³/mol. The normalized spacial score (nSPS) is 10.7. The maximum absolute atomic E-state index is 5.36. The lowest BCUT2D eigenvalue weighted by Crippen LogP contribution is -2.00. The van der Waals surface area contributed by atoms with Crippen molar-refractivity contribution in [3.05, 3.63) is 71.5 Å². The number of ether oxygens (including phenoxy) is 1. The molecular weight excluding hydrogens is 392 g/mol. The molecule has 2 aromatic carbocycles. The fourth-order valence-corrected chi connectivity index (χ4v) is 2.89. The van der Waals surface area contributed by atoms with Crippen LogP contribution in [0.4, 0.5) is 11.5 Å². The Morgan fingerprint density at radius 1 is 1.00 bits per heavy atom. The van der Waals surface area contributed by atoms with Gasteiger partial charge in [-0.05, 0) is 54.6 Å². The van der Waals surface area contributed by atoms with E-state index < -0.39 is 0 Å². The molecule has 2 aromatic heterocycles. The Balaban J connectivity index is 1.87. The van der Waals surface area contributed by atoms with Crippen molar-refractivity contribution in [2.45, 2.75) is 0 Å². The van der Waals surface area contributed by atoms with Gasteiger partial charge in [0, 0.05) is 33.5 Å². The highest BCUT2D eigenvalue weighted by molar-refractivity contribution is 9.10. The van der Waals surface area contributed by atoms with Gasteiger partial charge in [0.05, 0.1) is 12.6 Å². The van der Waals surface area contributed by atoms with E-state index >= 15 is 0 Å². The van der Waals surface area contributed by atoms with Crippen molar-refractivity contribution in [3.8, 4) is 17.1 Å². The highest BCUT2D eigenvalue weighted by Crippen LogP contribution is 2.30. The Labute approximate surface area is 159 Å². The molecule has 6 heteroatoms.